The first-order chi connectivity index (χ1) is 7.16. The predicted molar refractivity (Wildman–Crippen MR) is 67.3 cm³/mol. The normalized spacial score (nSPS) is 13.4. The van der Waals surface area contributed by atoms with Gasteiger partial charge >= 0.3 is 0 Å². The summed E-state index contributed by atoms with van der Waals surface area (Å²) in [6.07, 6.45) is 6.83. The maximum atomic E-state index is 5.48. The van der Waals surface area contributed by atoms with Crippen LogP contribution < -0.4 is 5.32 Å². The second-order valence-corrected chi connectivity index (χ2v) is 4.62. The number of unbranched alkanes of at least 4 members (excludes halogenated alkanes) is 2. The van der Waals surface area contributed by atoms with E-state index in [2.05, 4.69) is 33.0 Å². The van der Waals surface area contributed by atoms with Crippen molar-refractivity contribution in [3.8, 4) is 0 Å². The van der Waals surface area contributed by atoms with Crippen LogP contribution in [0.3, 0.4) is 0 Å². The minimum atomic E-state index is 0.368. The van der Waals surface area contributed by atoms with Crippen LogP contribution in [0.1, 0.15) is 59.8 Å². The number of hydrogen-bond acceptors (Lipinski definition) is 2. The quantitative estimate of drug-likeness (QED) is 0.564. The van der Waals surface area contributed by atoms with E-state index in [1.54, 1.807) is 0 Å². The highest BCUT2D eigenvalue weighted by Gasteiger charge is 2.00. The monoisotopic (exact) mass is 215 g/mol. The van der Waals surface area contributed by atoms with E-state index in [0.717, 1.165) is 19.6 Å². The molecule has 1 N–H and O–H groups in total. The smallest absolute Gasteiger partial charge is 0.0518 e. The molecule has 0 amide bonds. The summed E-state index contributed by atoms with van der Waals surface area (Å²) < 4.78 is 5.48. The van der Waals surface area contributed by atoms with Gasteiger partial charge in [0.05, 0.1) is 6.10 Å². The summed E-state index contributed by atoms with van der Waals surface area (Å²) in [6, 6.07) is 0.663. The van der Waals surface area contributed by atoms with Crippen molar-refractivity contribution < 1.29 is 4.74 Å². The molecule has 0 heterocycles. The Morgan fingerprint density at radius 1 is 1.07 bits per heavy atom. The van der Waals surface area contributed by atoms with Gasteiger partial charge in [-0.05, 0) is 40.2 Å². The van der Waals surface area contributed by atoms with Crippen molar-refractivity contribution in [3.63, 3.8) is 0 Å². The van der Waals surface area contributed by atoms with Gasteiger partial charge in [0.2, 0.25) is 0 Å². The molecule has 0 saturated carbocycles. The molecule has 15 heavy (non-hydrogen) atoms. The third-order valence-electron chi connectivity index (χ3n) is 2.51. The summed E-state index contributed by atoms with van der Waals surface area (Å²) in [6.45, 7) is 10.7. The Balaban J connectivity index is 3.13. The van der Waals surface area contributed by atoms with Gasteiger partial charge in [-0.2, -0.15) is 0 Å². The van der Waals surface area contributed by atoms with E-state index in [-0.39, 0.29) is 0 Å². The van der Waals surface area contributed by atoms with Crippen LogP contribution in [-0.2, 0) is 4.74 Å². The maximum absolute atomic E-state index is 5.48. The number of ether oxygens (including phenoxy) is 1. The molecule has 0 saturated heterocycles. The molecule has 0 spiro atoms. The molecular formula is C13H29NO. The molecule has 2 nitrogen and oxygen atoms in total. The van der Waals surface area contributed by atoms with Gasteiger partial charge in [0, 0.05) is 12.6 Å². The Kier molecular flexibility index (Phi) is 10.4. The molecule has 1 atom stereocenters. The summed E-state index contributed by atoms with van der Waals surface area (Å²) in [7, 11) is 0. The van der Waals surface area contributed by atoms with Crippen molar-refractivity contribution in [3.05, 3.63) is 0 Å². The summed E-state index contributed by atoms with van der Waals surface area (Å²) in [5, 5.41) is 3.54. The summed E-state index contributed by atoms with van der Waals surface area (Å²) in [5.41, 5.74) is 0. The largest absolute Gasteiger partial charge is 0.379 e. The van der Waals surface area contributed by atoms with Gasteiger partial charge in [-0.1, -0.05) is 26.2 Å². The second-order valence-electron chi connectivity index (χ2n) is 4.62. The van der Waals surface area contributed by atoms with Gasteiger partial charge in [0.25, 0.3) is 0 Å². The van der Waals surface area contributed by atoms with Crippen molar-refractivity contribution in [1.29, 1.82) is 0 Å². The minimum Gasteiger partial charge on any atom is -0.379 e. The van der Waals surface area contributed by atoms with Crippen molar-refractivity contribution >= 4 is 0 Å². The molecule has 0 aliphatic rings. The summed E-state index contributed by atoms with van der Waals surface area (Å²) >= 11 is 0. The van der Waals surface area contributed by atoms with Gasteiger partial charge in [-0.3, -0.25) is 0 Å². The van der Waals surface area contributed by atoms with Gasteiger partial charge < -0.3 is 10.1 Å². The maximum Gasteiger partial charge on any atom is 0.0518 e. The van der Waals surface area contributed by atoms with E-state index in [0.29, 0.717) is 12.1 Å². The van der Waals surface area contributed by atoms with Crippen LogP contribution >= 0.6 is 0 Å². The molecule has 0 fully saturated rings. The molecule has 0 aromatic carbocycles. The highest BCUT2D eigenvalue weighted by atomic mass is 16.5. The Morgan fingerprint density at radius 2 is 1.80 bits per heavy atom. The zero-order valence-corrected chi connectivity index (χ0v) is 11.0. The van der Waals surface area contributed by atoms with Gasteiger partial charge in [0.15, 0.2) is 0 Å². The molecule has 0 aromatic heterocycles. The van der Waals surface area contributed by atoms with E-state index in [1.807, 2.05) is 0 Å². The Hall–Kier alpha value is -0.0800. The third-order valence-corrected chi connectivity index (χ3v) is 2.51. The van der Waals surface area contributed by atoms with E-state index < -0.39 is 0 Å². The van der Waals surface area contributed by atoms with E-state index in [4.69, 9.17) is 4.74 Å². The number of nitrogens with one attached hydrogen (secondary N) is 1. The van der Waals surface area contributed by atoms with Gasteiger partial charge in [0.1, 0.15) is 0 Å². The van der Waals surface area contributed by atoms with E-state index >= 15 is 0 Å². The van der Waals surface area contributed by atoms with Crippen molar-refractivity contribution in [1.82, 2.24) is 5.32 Å². The Bertz CT molecular complexity index is 126. The molecular weight excluding hydrogens is 186 g/mol. The molecule has 2 heteroatoms. The van der Waals surface area contributed by atoms with Crippen LogP contribution in [0, 0.1) is 0 Å². The topological polar surface area (TPSA) is 21.3 Å². The van der Waals surface area contributed by atoms with Crippen LogP contribution in [0.15, 0.2) is 0 Å². The fourth-order valence-electron chi connectivity index (χ4n) is 1.54. The molecule has 0 rings (SSSR count). The highest BCUT2D eigenvalue weighted by molar-refractivity contribution is 4.60. The molecule has 1 unspecified atom stereocenters. The highest BCUT2D eigenvalue weighted by Crippen LogP contribution is 2.02. The third kappa shape index (κ3) is 11.8. The standard InChI is InChI=1S/C13H29NO/c1-5-6-7-9-13(4)14-10-8-11-15-12(2)3/h12-14H,5-11H2,1-4H3. The van der Waals surface area contributed by atoms with Crippen LogP contribution in [0.5, 0.6) is 0 Å². The predicted octanol–water partition coefficient (Wildman–Crippen LogP) is 3.36. The van der Waals surface area contributed by atoms with Crippen molar-refractivity contribution in [2.24, 2.45) is 0 Å². The zero-order valence-electron chi connectivity index (χ0n) is 11.0. The molecule has 0 radical (unpaired) electrons. The molecule has 92 valence electrons. The molecule has 0 bridgehead atoms. The van der Waals surface area contributed by atoms with Crippen LogP contribution in [0.25, 0.3) is 0 Å². The number of hydrogen-bond donors (Lipinski definition) is 1. The Labute approximate surface area is 95.8 Å². The zero-order chi connectivity index (χ0) is 11.5. The lowest BCUT2D eigenvalue weighted by Crippen LogP contribution is -2.27. The number of rotatable bonds is 10. The lowest BCUT2D eigenvalue weighted by Gasteiger charge is -2.14. The first kappa shape index (κ1) is 14.9. The lowest BCUT2D eigenvalue weighted by atomic mass is 10.1. The van der Waals surface area contributed by atoms with Crippen molar-refractivity contribution in [2.45, 2.75) is 71.9 Å². The van der Waals surface area contributed by atoms with E-state index in [9.17, 15) is 0 Å². The summed E-state index contributed by atoms with van der Waals surface area (Å²) in [5.74, 6) is 0. The average molecular weight is 215 g/mol. The average Bonchev–Trinajstić information content (AvgIpc) is 2.17. The SMILES string of the molecule is CCCCCC(C)NCCCOC(C)C. The molecule has 0 aliphatic carbocycles. The van der Waals surface area contributed by atoms with Crippen LogP contribution in [0.4, 0.5) is 0 Å². The van der Waals surface area contributed by atoms with E-state index in [1.165, 1.54) is 25.7 Å². The first-order valence-electron chi connectivity index (χ1n) is 6.51. The second kappa shape index (κ2) is 10.4. The van der Waals surface area contributed by atoms with Gasteiger partial charge in [-0.25, -0.2) is 0 Å². The first-order valence-corrected chi connectivity index (χ1v) is 6.51. The van der Waals surface area contributed by atoms with Gasteiger partial charge in [-0.15, -0.1) is 0 Å². The fraction of sp³-hybridized carbons (Fsp3) is 1.00. The Morgan fingerprint density at radius 3 is 2.40 bits per heavy atom. The molecule has 0 aliphatic heterocycles. The molecule has 0 aromatic rings. The summed E-state index contributed by atoms with van der Waals surface area (Å²) in [4.78, 5) is 0. The minimum absolute atomic E-state index is 0.368. The fourth-order valence-corrected chi connectivity index (χ4v) is 1.54. The lowest BCUT2D eigenvalue weighted by molar-refractivity contribution is 0.0767. The van der Waals surface area contributed by atoms with Crippen LogP contribution in [0.2, 0.25) is 0 Å². The van der Waals surface area contributed by atoms with Crippen LogP contribution in [-0.4, -0.2) is 25.3 Å². The van der Waals surface area contributed by atoms with Crippen molar-refractivity contribution in [2.75, 3.05) is 13.2 Å².